The average molecular weight is 399 g/mol. The molecule has 0 saturated carbocycles. The quantitative estimate of drug-likeness (QED) is 0.425. The van der Waals surface area contributed by atoms with E-state index in [-0.39, 0.29) is 18.2 Å². The lowest BCUT2D eigenvalue weighted by atomic mass is 10.3. The summed E-state index contributed by atoms with van der Waals surface area (Å²) in [4.78, 5) is 23.7. The Hall–Kier alpha value is -3.21. The molecule has 4 aromatic rings. The van der Waals surface area contributed by atoms with Gasteiger partial charge in [0.2, 0.25) is 17.7 Å². The molecule has 0 bridgehead atoms. The molecule has 3 aromatic heterocycles. The van der Waals surface area contributed by atoms with Crippen molar-refractivity contribution < 1.29 is 13.7 Å². The molecular formula is C17H17N7O3S. The molecule has 28 heavy (non-hydrogen) atoms. The summed E-state index contributed by atoms with van der Waals surface area (Å²) >= 11 is 1.17. The molecule has 0 spiro atoms. The van der Waals surface area contributed by atoms with Crippen LogP contribution in [0.5, 0.6) is 0 Å². The first-order valence-corrected chi connectivity index (χ1v) is 9.59. The van der Waals surface area contributed by atoms with Gasteiger partial charge in [0.25, 0.3) is 5.22 Å². The first-order valence-electron chi connectivity index (χ1n) is 8.60. The summed E-state index contributed by atoms with van der Waals surface area (Å²) in [7, 11) is 0. The fourth-order valence-electron chi connectivity index (χ4n) is 2.51. The molecule has 10 nitrogen and oxygen atoms in total. The van der Waals surface area contributed by atoms with E-state index in [0.29, 0.717) is 35.7 Å². The van der Waals surface area contributed by atoms with Crippen LogP contribution in [-0.4, -0.2) is 42.0 Å². The maximum Gasteiger partial charge on any atom is 0.277 e. The maximum atomic E-state index is 11.9. The van der Waals surface area contributed by atoms with Crippen molar-refractivity contribution in [3.8, 4) is 0 Å². The van der Waals surface area contributed by atoms with Crippen molar-refractivity contribution in [1.29, 1.82) is 0 Å². The monoisotopic (exact) mass is 399 g/mol. The molecule has 0 aliphatic carbocycles. The van der Waals surface area contributed by atoms with Crippen molar-refractivity contribution in [2.75, 3.05) is 5.75 Å². The number of fused-ring (bicyclic) bond motifs is 1. The smallest absolute Gasteiger partial charge is 0.277 e. The molecule has 0 radical (unpaired) electrons. The van der Waals surface area contributed by atoms with Crippen LogP contribution in [0.1, 0.15) is 23.4 Å². The summed E-state index contributed by atoms with van der Waals surface area (Å²) in [5.41, 5.74) is 1.93. The summed E-state index contributed by atoms with van der Waals surface area (Å²) in [6.07, 6.45) is 1.22. The average Bonchev–Trinajstić information content (AvgIpc) is 3.42. The normalized spacial score (nSPS) is 11.2. The Morgan fingerprint density at radius 2 is 2.07 bits per heavy atom. The van der Waals surface area contributed by atoms with E-state index >= 15 is 0 Å². The van der Waals surface area contributed by atoms with Crippen molar-refractivity contribution in [2.45, 2.75) is 31.5 Å². The molecule has 0 atom stereocenters. The number of thioether (sulfide) groups is 1. The lowest BCUT2D eigenvalue weighted by molar-refractivity contribution is -0.118. The first kappa shape index (κ1) is 18.2. The molecule has 1 amide bonds. The van der Waals surface area contributed by atoms with Crippen molar-refractivity contribution >= 4 is 28.7 Å². The summed E-state index contributed by atoms with van der Waals surface area (Å²) in [5.74, 6) is 2.22. The molecule has 2 N–H and O–H groups in total. The van der Waals surface area contributed by atoms with E-state index in [1.54, 1.807) is 6.92 Å². The topological polar surface area (TPSA) is 136 Å². The van der Waals surface area contributed by atoms with Crippen LogP contribution in [0, 0.1) is 6.92 Å². The number of hydrogen-bond acceptors (Lipinski definition) is 9. The highest BCUT2D eigenvalue weighted by Gasteiger charge is 2.12. The van der Waals surface area contributed by atoms with Gasteiger partial charge in [0.15, 0.2) is 5.82 Å². The van der Waals surface area contributed by atoms with E-state index in [0.717, 1.165) is 16.9 Å². The number of carbonyl (C=O) groups excluding carboxylic acids is 1. The molecule has 0 aliphatic heterocycles. The zero-order valence-corrected chi connectivity index (χ0v) is 15.8. The minimum atomic E-state index is -0.192. The Morgan fingerprint density at radius 3 is 2.89 bits per heavy atom. The van der Waals surface area contributed by atoms with E-state index in [4.69, 9.17) is 8.94 Å². The van der Waals surface area contributed by atoms with E-state index < -0.39 is 0 Å². The fraction of sp³-hybridized carbons (Fsp3) is 0.294. The third-order valence-electron chi connectivity index (χ3n) is 3.80. The lowest BCUT2D eigenvalue weighted by Crippen LogP contribution is -2.24. The van der Waals surface area contributed by atoms with E-state index in [9.17, 15) is 4.79 Å². The first-order chi connectivity index (χ1) is 13.7. The molecule has 0 saturated heterocycles. The van der Waals surface area contributed by atoms with Crippen LogP contribution >= 0.6 is 11.8 Å². The number of benzene rings is 1. The lowest BCUT2D eigenvalue weighted by Gasteiger charge is -1.99. The Kier molecular flexibility index (Phi) is 5.33. The molecule has 144 valence electrons. The van der Waals surface area contributed by atoms with Crippen LogP contribution in [0.25, 0.3) is 11.0 Å². The molecule has 0 unspecified atom stereocenters. The zero-order valence-electron chi connectivity index (χ0n) is 15.0. The van der Waals surface area contributed by atoms with Crippen LogP contribution in [0.15, 0.2) is 38.4 Å². The molecule has 11 heteroatoms. The highest BCUT2D eigenvalue weighted by molar-refractivity contribution is 7.99. The predicted octanol–water partition coefficient (Wildman–Crippen LogP) is 1.83. The van der Waals surface area contributed by atoms with Crippen LogP contribution in [0.2, 0.25) is 0 Å². The largest absolute Gasteiger partial charge is 0.416 e. The van der Waals surface area contributed by atoms with Gasteiger partial charge in [-0.05, 0) is 19.1 Å². The van der Waals surface area contributed by atoms with E-state index in [2.05, 4.69) is 35.6 Å². The van der Waals surface area contributed by atoms with Crippen LogP contribution in [-0.2, 0) is 24.2 Å². The Labute approximate surface area is 163 Å². The zero-order chi connectivity index (χ0) is 19.3. The number of carbonyl (C=O) groups is 1. The van der Waals surface area contributed by atoms with Gasteiger partial charge in [-0.1, -0.05) is 29.1 Å². The minimum Gasteiger partial charge on any atom is -0.416 e. The predicted molar refractivity (Wildman–Crippen MR) is 99.4 cm³/mol. The van der Waals surface area contributed by atoms with E-state index in [1.807, 2.05) is 24.3 Å². The van der Waals surface area contributed by atoms with Gasteiger partial charge in [0.05, 0.1) is 23.3 Å². The highest BCUT2D eigenvalue weighted by Crippen LogP contribution is 2.17. The van der Waals surface area contributed by atoms with Gasteiger partial charge in [-0.25, -0.2) is 4.98 Å². The van der Waals surface area contributed by atoms with Crippen LogP contribution in [0.3, 0.4) is 0 Å². The Bertz CT molecular complexity index is 1050. The van der Waals surface area contributed by atoms with Gasteiger partial charge < -0.3 is 19.2 Å². The summed E-state index contributed by atoms with van der Waals surface area (Å²) in [6, 6.07) is 7.86. The molecule has 0 fully saturated rings. The molecule has 1 aromatic carbocycles. The minimum absolute atomic E-state index is 0.151. The third kappa shape index (κ3) is 4.55. The third-order valence-corrected chi connectivity index (χ3v) is 4.61. The van der Waals surface area contributed by atoms with Gasteiger partial charge in [-0.15, -0.1) is 10.2 Å². The van der Waals surface area contributed by atoms with E-state index in [1.165, 1.54) is 11.8 Å². The van der Waals surface area contributed by atoms with Gasteiger partial charge >= 0.3 is 0 Å². The molecular weight excluding hydrogens is 382 g/mol. The summed E-state index contributed by atoms with van der Waals surface area (Å²) in [6.45, 7) is 1.90. The second kappa shape index (κ2) is 8.21. The Balaban J connectivity index is 1.23. The van der Waals surface area contributed by atoms with Gasteiger partial charge in [-0.3, -0.25) is 4.79 Å². The van der Waals surface area contributed by atoms with Gasteiger partial charge in [0.1, 0.15) is 5.82 Å². The van der Waals surface area contributed by atoms with Crippen molar-refractivity contribution in [2.24, 2.45) is 0 Å². The fourth-order valence-corrected chi connectivity index (χ4v) is 3.12. The second-order valence-corrected chi connectivity index (χ2v) is 6.89. The van der Waals surface area contributed by atoms with Gasteiger partial charge in [0, 0.05) is 12.8 Å². The summed E-state index contributed by atoms with van der Waals surface area (Å²) in [5, 5.41) is 14.7. The number of nitrogens with zero attached hydrogens (tertiary/aromatic N) is 5. The van der Waals surface area contributed by atoms with Gasteiger partial charge in [-0.2, -0.15) is 4.98 Å². The number of para-hydroxylation sites is 2. The maximum absolute atomic E-state index is 11.9. The molecule has 3 heterocycles. The number of aromatic nitrogens is 6. The number of rotatable bonds is 8. The Morgan fingerprint density at radius 1 is 1.18 bits per heavy atom. The number of H-pyrrole nitrogens is 1. The number of aromatic amines is 1. The van der Waals surface area contributed by atoms with Crippen LogP contribution < -0.4 is 5.32 Å². The SMILES string of the molecule is Cc1noc(CNC(=O)CSc2nnc(CCc3nc4ccccc4[nH]3)o2)n1. The number of amides is 1. The number of imidazole rings is 1. The summed E-state index contributed by atoms with van der Waals surface area (Å²) < 4.78 is 10.5. The van der Waals surface area contributed by atoms with Crippen molar-refractivity contribution in [1.82, 2.24) is 35.6 Å². The molecule has 4 rings (SSSR count). The number of aryl methyl sites for hydroxylation is 3. The highest BCUT2D eigenvalue weighted by atomic mass is 32.2. The number of hydrogen-bond donors (Lipinski definition) is 2. The van der Waals surface area contributed by atoms with Crippen molar-refractivity contribution in [3.05, 3.63) is 47.7 Å². The number of nitrogens with one attached hydrogen (secondary N) is 2. The standard InChI is InChI=1S/C17H17N7O3S/c1-10-19-16(27-24-10)8-18-14(25)9-28-17-23-22-15(26-17)7-6-13-20-11-4-2-3-5-12(11)21-13/h2-5H,6-9H2,1H3,(H,18,25)(H,20,21). The molecule has 0 aliphatic rings. The van der Waals surface area contributed by atoms with Crippen molar-refractivity contribution in [3.63, 3.8) is 0 Å². The second-order valence-electron chi connectivity index (χ2n) is 5.96. The van der Waals surface area contributed by atoms with Crippen LogP contribution in [0.4, 0.5) is 0 Å².